The van der Waals surface area contributed by atoms with Crippen LogP contribution in [-0.4, -0.2) is 36.5 Å². The van der Waals surface area contributed by atoms with Gasteiger partial charge >= 0.3 is 5.97 Å². The molecule has 0 aliphatic rings. The first-order valence-corrected chi connectivity index (χ1v) is 8.21. The number of carbonyl (C=O) groups is 2. The van der Waals surface area contributed by atoms with E-state index in [0.717, 1.165) is 5.56 Å². The van der Waals surface area contributed by atoms with Crippen molar-refractivity contribution in [1.82, 2.24) is 19.6 Å². The zero-order valence-corrected chi connectivity index (χ0v) is 14.4. The van der Waals surface area contributed by atoms with Crippen molar-refractivity contribution in [1.29, 1.82) is 0 Å². The van der Waals surface area contributed by atoms with E-state index in [1.807, 2.05) is 24.3 Å². The first kappa shape index (κ1) is 17.7. The second-order valence-corrected chi connectivity index (χ2v) is 5.99. The molecule has 1 amide bonds. The number of amides is 1. The van der Waals surface area contributed by atoms with Gasteiger partial charge in [-0.3, -0.25) is 14.2 Å². The summed E-state index contributed by atoms with van der Waals surface area (Å²) in [4.78, 5) is 22.8. The molecule has 0 unspecified atom stereocenters. The van der Waals surface area contributed by atoms with Crippen LogP contribution in [0.3, 0.4) is 0 Å². The van der Waals surface area contributed by atoms with Crippen LogP contribution in [0.4, 0.5) is 5.82 Å². The normalized spacial score (nSPS) is 10.7. The Morgan fingerprint density at radius 3 is 2.73 bits per heavy atom. The molecule has 0 fully saturated rings. The van der Waals surface area contributed by atoms with Gasteiger partial charge in [0.15, 0.2) is 5.82 Å². The quantitative estimate of drug-likeness (QED) is 0.662. The molecule has 9 heteroatoms. The minimum Gasteiger partial charge on any atom is -0.478 e. The van der Waals surface area contributed by atoms with Crippen LogP contribution in [0.15, 0.2) is 48.9 Å². The van der Waals surface area contributed by atoms with Gasteiger partial charge in [-0.25, -0.2) is 4.79 Å². The lowest BCUT2D eigenvalue weighted by atomic mass is 10.2. The summed E-state index contributed by atoms with van der Waals surface area (Å²) in [6, 6.07) is 9.19. The average Bonchev–Trinajstić information content (AvgIpc) is 3.25. The average molecular weight is 374 g/mol. The number of anilines is 1. The molecular weight excluding hydrogens is 358 g/mol. The van der Waals surface area contributed by atoms with Crippen molar-refractivity contribution in [2.75, 3.05) is 5.32 Å². The third kappa shape index (κ3) is 4.48. The molecule has 3 rings (SSSR count). The maximum atomic E-state index is 12.0. The Balaban J connectivity index is 1.52. The Morgan fingerprint density at radius 2 is 2.00 bits per heavy atom. The number of rotatable bonds is 7. The largest absolute Gasteiger partial charge is 0.478 e. The van der Waals surface area contributed by atoms with Crippen LogP contribution < -0.4 is 5.32 Å². The summed E-state index contributed by atoms with van der Waals surface area (Å²) in [5.41, 5.74) is 1.02. The summed E-state index contributed by atoms with van der Waals surface area (Å²) in [5, 5.41) is 20.4. The Hall–Kier alpha value is -3.13. The van der Waals surface area contributed by atoms with Crippen LogP contribution in [0.5, 0.6) is 0 Å². The van der Waals surface area contributed by atoms with Gasteiger partial charge in [0.2, 0.25) is 5.91 Å². The lowest BCUT2D eigenvalue weighted by molar-refractivity contribution is -0.116. The molecule has 0 atom stereocenters. The molecular formula is C17H16ClN5O3. The lowest BCUT2D eigenvalue weighted by Gasteiger charge is -2.05. The van der Waals surface area contributed by atoms with E-state index in [9.17, 15) is 9.59 Å². The molecule has 134 valence electrons. The third-order valence-electron chi connectivity index (χ3n) is 3.65. The molecule has 2 aromatic heterocycles. The van der Waals surface area contributed by atoms with Gasteiger partial charge in [-0.05, 0) is 11.6 Å². The summed E-state index contributed by atoms with van der Waals surface area (Å²) in [6.07, 6.45) is 4.54. The van der Waals surface area contributed by atoms with Gasteiger partial charge < -0.3 is 10.4 Å². The Bertz CT molecular complexity index is 934. The molecule has 8 nitrogen and oxygen atoms in total. The summed E-state index contributed by atoms with van der Waals surface area (Å²) in [6.45, 7) is 0.778. The Morgan fingerprint density at radius 1 is 1.19 bits per heavy atom. The van der Waals surface area contributed by atoms with Crippen molar-refractivity contribution in [3.8, 4) is 0 Å². The molecule has 26 heavy (non-hydrogen) atoms. The predicted molar refractivity (Wildman–Crippen MR) is 95.2 cm³/mol. The molecule has 0 saturated heterocycles. The Kier molecular flexibility index (Phi) is 5.33. The second-order valence-electron chi connectivity index (χ2n) is 5.59. The highest BCUT2D eigenvalue weighted by Crippen LogP contribution is 2.16. The number of carboxylic acids is 1. The van der Waals surface area contributed by atoms with Crippen molar-refractivity contribution in [2.45, 2.75) is 19.5 Å². The van der Waals surface area contributed by atoms with E-state index < -0.39 is 5.97 Å². The zero-order chi connectivity index (χ0) is 18.5. The summed E-state index contributed by atoms with van der Waals surface area (Å²) in [5.74, 6) is -0.848. The molecule has 0 spiro atoms. The summed E-state index contributed by atoms with van der Waals surface area (Å²) >= 11 is 6.13. The van der Waals surface area contributed by atoms with Crippen LogP contribution in [-0.2, 0) is 17.9 Å². The predicted octanol–water partition coefficient (Wildman–Crippen LogP) is 2.51. The minimum absolute atomic E-state index is 0.0868. The highest BCUT2D eigenvalue weighted by atomic mass is 35.5. The fraction of sp³-hybridized carbons (Fsp3) is 0.176. The fourth-order valence-corrected chi connectivity index (χ4v) is 2.53. The number of aromatic carboxylic acids is 1. The molecule has 0 radical (unpaired) electrons. The van der Waals surface area contributed by atoms with Crippen molar-refractivity contribution in [3.63, 3.8) is 0 Å². The third-order valence-corrected chi connectivity index (χ3v) is 4.02. The van der Waals surface area contributed by atoms with Gasteiger partial charge in [-0.15, -0.1) is 0 Å². The molecule has 3 aromatic rings. The van der Waals surface area contributed by atoms with E-state index in [1.165, 1.54) is 17.1 Å². The number of benzene rings is 1. The van der Waals surface area contributed by atoms with Crippen molar-refractivity contribution in [3.05, 3.63) is 65.1 Å². The van der Waals surface area contributed by atoms with Gasteiger partial charge in [0.1, 0.15) is 0 Å². The van der Waals surface area contributed by atoms with Gasteiger partial charge in [0.05, 0.1) is 18.3 Å². The highest BCUT2D eigenvalue weighted by molar-refractivity contribution is 6.31. The van der Waals surface area contributed by atoms with Crippen molar-refractivity contribution in [2.24, 2.45) is 0 Å². The number of hydrogen-bond acceptors (Lipinski definition) is 4. The van der Waals surface area contributed by atoms with Crippen LogP contribution in [0.2, 0.25) is 5.02 Å². The topological polar surface area (TPSA) is 102 Å². The smallest absolute Gasteiger partial charge is 0.338 e. The second kappa shape index (κ2) is 7.83. The van der Waals surface area contributed by atoms with Crippen LogP contribution in [0, 0.1) is 0 Å². The molecule has 0 aliphatic heterocycles. The van der Waals surface area contributed by atoms with Gasteiger partial charge in [0.25, 0.3) is 0 Å². The number of carboxylic acid groups (broad SMARTS) is 1. The zero-order valence-electron chi connectivity index (χ0n) is 13.7. The van der Waals surface area contributed by atoms with E-state index in [4.69, 9.17) is 16.7 Å². The van der Waals surface area contributed by atoms with Gasteiger partial charge in [0, 0.05) is 36.4 Å². The lowest BCUT2D eigenvalue weighted by Crippen LogP contribution is -2.15. The Labute approximate surface area is 154 Å². The van der Waals surface area contributed by atoms with Crippen LogP contribution >= 0.6 is 11.6 Å². The van der Waals surface area contributed by atoms with E-state index in [2.05, 4.69) is 15.5 Å². The summed E-state index contributed by atoms with van der Waals surface area (Å²) < 4.78 is 3.10. The number of hydrogen-bond donors (Lipinski definition) is 2. The number of halogens is 1. The van der Waals surface area contributed by atoms with Crippen molar-refractivity contribution >= 4 is 29.3 Å². The highest BCUT2D eigenvalue weighted by Gasteiger charge is 2.09. The molecule has 2 N–H and O–H groups in total. The number of aryl methyl sites for hydroxylation is 1. The van der Waals surface area contributed by atoms with E-state index in [1.54, 1.807) is 16.9 Å². The minimum atomic E-state index is -1.05. The fourth-order valence-electron chi connectivity index (χ4n) is 2.34. The number of nitrogens with zero attached hydrogens (tertiary/aromatic N) is 4. The molecule has 0 aliphatic carbocycles. The van der Waals surface area contributed by atoms with Crippen LogP contribution in [0.25, 0.3) is 0 Å². The molecule has 0 bridgehead atoms. The number of aromatic nitrogens is 4. The maximum absolute atomic E-state index is 12.0. The first-order chi connectivity index (χ1) is 12.5. The standard InChI is InChI=1S/C17H16ClN5O3/c18-14-4-2-1-3-12(14)10-23-7-5-15(21-23)20-16(24)6-8-22-11-13(9-19-22)17(25)26/h1-5,7,9,11H,6,8,10H2,(H,25,26)(H,20,21,24). The summed E-state index contributed by atoms with van der Waals surface area (Å²) in [7, 11) is 0. The SMILES string of the molecule is O=C(CCn1cc(C(=O)O)cn1)Nc1ccn(Cc2ccccc2Cl)n1. The first-order valence-electron chi connectivity index (χ1n) is 7.84. The number of nitrogens with one attached hydrogen (secondary N) is 1. The van der Waals surface area contributed by atoms with E-state index in [0.29, 0.717) is 17.4 Å². The molecule has 0 saturated carbocycles. The van der Waals surface area contributed by atoms with Gasteiger partial charge in [-0.2, -0.15) is 10.2 Å². The maximum Gasteiger partial charge on any atom is 0.338 e. The van der Waals surface area contributed by atoms with Crippen molar-refractivity contribution < 1.29 is 14.7 Å². The molecule has 1 aromatic carbocycles. The van der Waals surface area contributed by atoms with E-state index >= 15 is 0 Å². The monoisotopic (exact) mass is 373 g/mol. The van der Waals surface area contributed by atoms with Gasteiger partial charge in [-0.1, -0.05) is 29.8 Å². The van der Waals surface area contributed by atoms with Crippen LogP contribution in [0.1, 0.15) is 22.3 Å². The van der Waals surface area contributed by atoms with E-state index in [-0.39, 0.29) is 24.4 Å². The molecule has 2 heterocycles. The number of carbonyl (C=O) groups excluding carboxylic acids is 1.